The molecule has 0 aromatic heterocycles. The Labute approximate surface area is 110 Å². The summed E-state index contributed by atoms with van der Waals surface area (Å²) in [5.74, 6) is -0.622. The van der Waals surface area contributed by atoms with Crippen LogP contribution in [0.15, 0.2) is 36.4 Å². The second-order valence-corrected chi connectivity index (χ2v) is 4.22. The number of carboxylic acids is 1. The lowest BCUT2D eigenvalue weighted by Crippen LogP contribution is -1.96. The number of rotatable bonds is 3. The Bertz CT molecular complexity index is 632. The summed E-state index contributed by atoms with van der Waals surface area (Å²) in [6.45, 7) is 1.93. The SMILES string of the molecule is COc1ccc(-c2ccc(C(=O)O)c(O)c2)c(C)c1. The number of hydrogen-bond acceptors (Lipinski definition) is 3. The van der Waals surface area contributed by atoms with Gasteiger partial charge < -0.3 is 14.9 Å². The first-order valence-corrected chi connectivity index (χ1v) is 5.74. The molecule has 0 unspecified atom stereocenters. The molecule has 0 amide bonds. The average Bonchev–Trinajstić information content (AvgIpc) is 2.37. The van der Waals surface area contributed by atoms with Crippen molar-refractivity contribution in [3.63, 3.8) is 0 Å². The van der Waals surface area contributed by atoms with Crippen molar-refractivity contribution in [2.45, 2.75) is 6.92 Å². The van der Waals surface area contributed by atoms with Crippen LogP contribution in [0.3, 0.4) is 0 Å². The quantitative estimate of drug-likeness (QED) is 0.887. The zero-order chi connectivity index (χ0) is 14.0. The van der Waals surface area contributed by atoms with Gasteiger partial charge >= 0.3 is 5.97 Å². The molecule has 2 N–H and O–H groups in total. The van der Waals surface area contributed by atoms with Crippen LogP contribution >= 0.6 is 0 Å². The monoisotopic (exact) mass is 258 g/mol. The number of aromatic carboxylic acids is 1. The molecule has 0 spiro atoms. The van der Waals surface area contributed by atoms with E-state index in [0.717, 1.165) is 22.4 Å². The van der Waals surface area contributed by atoms with Crippen molar-refractivity contribution in [2.24, 2.45) is 0 Å². The second-order valence-electron chi connectivity index (χ2n) is 4.22. The number of carbonyl (C=O) groups is 1. The topological polar surface area (TPSA) is 66.8 Å². The standard InChI is InChI=1S/C15H14O4/c1-9-7-11(19-2)4-6-12(9)10-3-5-13(15(17)18)14(16)8-10/h3-8,16H,1-2H3,(H,17,18). The van der Waals surface area contributed by atoms with Crippen LogP contribution in [0.2, 0.25) is 0 Å². The van der Waals surface area contributed by atoms with E-state index in [2.05, 4.69) is 0 Å². The molecular weight excluding hydrogens is 244 g/mol. The van der Waals surface area contributed by atoms with E-state index >= 15 is 0 Å². The smallest absolute Gasteiger partial charge is 0.339 e. The van der Waals surface area contributed by atoms with Gasteiger partial charge in [-0.2, -0.15) is 0 Å². The third-order valence-electron chi connectivity index (χ3n) is 2.97. The molecule has 0 fully saturated rings. The molecule has 98 valence electrons. The van der Waals surface area contributed by atoms with Gasteiger partial charge in [0.05, 0.1) is 7.11 Å². The third kappa shape index (κ3) is 2.52. The molecule has 0 bridgehead atoms. The van der Waals surface area contributed by atoms with Crippen LogP contribution in [0.5, 0.6) is 11.5 Å². The summed E-state index contributed by atoms with van der Waals surface area (Å²) in [5, 5.41) is 18.6. The van der Waals surface area contributed by atoms with E-state index in [4.69, 9.17) is 9.84 Å². The van der Waals surface area contributed by atoms with Gasteiger partial charge in [-0.05, 0) is 47.9 Å². The summed E-state index contributed by atoms with van der Waals surface area (Å²) >= 11 is 0. The maximum absolute atomic E-state index is 10.8. The predicted octanol–water partition coefficient (Wildman–Crippen LogP) is 3.07. The molecule has 2 rings (SSSR count). The molecule has 0 saturated heterocycles. The molecule has 0 aliphatic carbocycles. The van der Waals surface area contributed by atoms with E-state index in [1.54, 1.807) is 13.2 Å². The van der Waals surface area contributed by atoms with Gasteiger partial charge in [0.25, 0.3) is 0 Å². The van der Waals surface area contributed by atoms with Gasteiger partial charge in [0.1, 0.15) is 17.1 Å². The third-order valence-corrected chi connectivity index (χ3v) is 2.97. The van der Waals surface area contributed by atoms with Crippen molar-refractivity contribution >= 4 is 5.97 Å². The van der Waals surface area contributed by atoms with Crippen LogP contribution < -0.4 is 4.74 Å². The number of methoxy groups -OCH3 is 1. The lowest BCUT2D eigenvalue weighted by atomic mass is 9.98. The van der Waals surface area contributed by atoms with Crippen LogP contribution in [0.25, 0.3) is 11.1 Å². The Morgan fingerprint density at radius 1 is 1.16 bits per heavy atom. The highest BCUT2D eigenvalue weighted by Crippen LogP contribution is 2.30. The van der Waals surface area contributed by atoms with Crippen LogP contribution in [-0.2, 0) is 0 Å². The molecule has 0 heterocycles. The molecule has 0 aliphatic heterocycles. The molecule has 0 saturated carbocycles. The van der Waals surface area contributed by atoms with E-state index < -0.39 is 5.97 Å². The first-order valence-electron chi connectivity index (χ1n) is 5.74. The Morgan fingerprint density at radius 3 is 2.42 bits per heavy atom. The molecule has 4 heteroatoms. The van der Waals surface area contributed by atoms with Gasteiger partial charge in [-0.1, -0.05) is 12.1 Å². The molecule has 4 nitrogen and oxygen atoms in total. The lowest BCUT2D eigenvalue weighted by molar-refractivity contribution is 0.0694. The number of aromatic hydroxyl groups is 1. The van der Waals surface area contributed by atoms with E-state index in [1.165, 1.54) is 12.1 Å². The highest BCUT2D eigenvalue weighted by molar-refractivity contribution is 5.91. The van der Waals surface area contributed by atoms with Gasteiger partial charge in [0.2, 0.25) is 0 Å². The summed E-state index contributed by atoms with van der Waals surface area (Å²) in [6.07, 6.45) is 0. The Kier molecular flexibility index (Phi) is 3.42. The van der Waals surface area contributed by atoms with Crippen LogP contribution in [-0.4, -0.2) is 23.3 Å². The van der Waals surface area contributed by atoms with Crippen LogP contribution in [0, 0.1) is 6.92 Å². The lowest BCUT2D eigenvalue weighted by Gasteiger charge is -2.09. The molecule has 19 heavy (non-hydrogen) atoms. The van der Waals surface area contributed by atoms with Crippen LogP contribution in [0.4, 0.5) is 0 Å². The fourth-order valence-corrected chi connectivity index (χ4v) is 1.97. The van der Waals surface area contributed by atoms with E-state index in [0.29, 0.717) is 0 Å². The zero-order valence-electron chi connectivity index (χ0n) is 10.7. The average molecular weight is 258 g/mol. The van der Waals surface area contributed by atoms with Gasteiger partial charge in [0.15, 0.2) is 0 Å². The number of ether oxygens (including phenoxy) is 1. The minimum atomic E-state index is -1.14. The number of benzene rings is 2. The summed E-state index contributed by atoms with van der Waals surface area (Å²) in [4.78, 5) is 10.8. The van der Waals surface area contributed by atoms with Gasteiger partial charge in [-0.15, -0.1) is 0 Å². The van der Waals surface area contributed by atoms with E-state index in [1.807, 2.05) is 25.1 Å². The summed E-state index contributed by atoms with van der Waals surface area (Å²) in [5.41, 5.74) is 2.58. The van der Waals surface area contributed by atoms with Crippen molar-refractivity contribution in [1.82, 2.24) is 0 Å². The van der Waals surface area contributed by atoms with Crippen molar-refractivity contribution in [3.05, 3.63) is 47.5 Å². The molecular formula is C15H14O4. The maximum atomic E-state index is 10.8. The molecule has 2 aromatic carbocycles. The van der Waals surface area contributed by atoms with E-state index in [-0.39, 0.29) is 11.3 Å². The zero-order valence-corrected chi connectivity index (χ0v) is 10.7. The minimum absolute atomic E-state index is 0.102. The number of carboxylic acid groups (broad SMARTS) is 1. The van der Waals surface area contributed by atoms with Crippen LogP contribution in [0.1, 0.15) is 15.9 Å². The van der Waals surface area contributed by atoms with Gasteiger partial charge in [0, 0.05) is 0 Å². The Hall–Kier alpha value is -2.49. The first kappa shape index (κ1) is 13.0. The summed E-state index contributed by atoms with van der Waals surface area (Å²) in [6, 6.07) is 10.1. The summed E-state index contributed by atoms with van der Waals surface area (Å²) in [7, 11) is 1.60. The Morgan fingerprint density at radius 2 is 1.89 bits per heavy atom. The number of hydrogen-bond donors (Lipinski definition) is 2. The van der Waals surface area contributed by atoms with Gasteiger partial charge in [-0.25, -0.2) is 4.79 Å². The fraction of sp³-hybridized carbons (Fsp3) is 0.133. The van der Waals surface area contributed by atoms with Gasteiger partial charge in [-0.3, -0.25) is 0 Å². The van der Waals surface area contributed by atoms with Crippen molar-refractivity contribution < 1.29 is 19.7 Å². The first-order chi connectivity index (χ1) is 9.02. The van der Waals surface area contributed by atoms with Crippen molar-refractivity contribution in [1.29, 1.82) is 0 Å². The summed E-state index contributed by atoms with van der Waals surface area (Å²) < 4.78 is 5.13. The Balaban J connectivity index is 2.48. The maximum Gasteiger partial charge on any atom is 0.339 e. The highest BCUT2D eigenvalue weighted by atomic mass is 16.5. The molecule has 0 atom stereocenters. The minimum Gasteiger partial charge on any atom is -0.507 e. The molecule has 2 aromatic rings. The molecule has 0 radical (unpaired) electrons. The normalized spacial score (nSPS) is 10.2. The largest absolute Gasteiger partial charge is 0.507 e. The van der Waals surface area contributed by atoms with E-state index in [9.17, 15) is 9.90 Å². The number of phenols is 1. The highest BCUT2D eigenvalue weighted by Gasteiger charge is 2.11. The van der Waals surface area contributed by atoms with Crippen molar-refractivity contribution in [3.8, 4) is 22.6 Å². The van der Waals surface area contributed by atoms with Crippen molar-refractivity contribution in [2.75, 3.05) is 7.11 Å². The number of aryl methyl sites for hydroxylation is 1. The predicted molar refractivity (Wildman–Crippen MR) is 71.8 cm³/mol. The fourth-order valence-electron chi connectivity index (χ4n) is 1.97. The molecule has 0 aliphatic rings. The second kappa shape index (κ2) is 5.02.